The average molecular weight is 458 g/mol. The van der Waals surface area contributed by atoms with Crippen molar-refractivity contribution < 1.29 is 19.1 Å². The SMILES string of the molecule is Cc1ccccc1C(C(=O)NC1CCCCC1)N(C(=O)CNC(=O)OC(C)(C)C)C1CCC1. The molecule has 2 aliphatic carbocycles. The highest BCUT2D eigenvalue weighted by atomic mass is 16.6. The van der Waals surface area contributed by atoms with Crippen molar-refractivity contribution in [2.75, 3.05) is 6.54 Å². The summed E-state index contributed by atoms with van der Waals surface area (Å²) in [5.74, 6) is -0.397. The molecule has 3 amide bonds. The van der Waals surface area contributed by atoms with Crippen molar-refractivity contribution in [3.63, 3.8) is 0 Å². The number of alkyl carbamates (subject to hydrolysis) is 1. The van der Waals surface area contributed by atoms with Crippen LogP contribution in [0.15, 0.2) is 24.3 Å². The zero-order chi connectivity index (χ0) is 24.0. The lowest BCUT2D eigenvalue weighted by molar-refractivity contribution is -0.145. The lowest BCUT2D eigenvalue weighted by atomic mass is 9.87. The van der Waals surface area contributed by atoms with Crippen LogP contribution in [0.3, 0.4) is 0 Å². The van der Waals surface area contributed by atoms with Gasteiger partial charge in [-0.2, -0.15) is 0 Å². The summed E-state index contributed by atoms with van der Waals surface area (Å²) in [7, 11) is 0. The first-order valence-corrected chi connectivity index (χ1v) is 12.3. The molecule has 0 radical (unpaired) electrons. The van der Waals surface area contributed by atoms with Gasteiger partial charge in [-0.15, -0.1) is 0 Å². The van der Waals surface area contributed by atoms with E-state index in [4.69, 9.17) is 4.74 Å². The van der Waals surface area contributed by atoms with Crippen molar-refractivity contribution in [1.82, 2.24) is 15.5 Å². The molecular formula is C26H39N3O4. The number of carbonyl (C=O) groups excluding carboxylic acids is 3. The number of ether oxygens (including phenoxy) is 1. The molecule has 0 aromatic heterocycles. The van der Waals surface area contributed by atoms with E-state index in [1.165, 1.54) is 6.42 Å². The van der Waals surface area contributed by atoms with Gasteiger partial charge in [-0.05, 0) is 70.9 Å². The molecule has 3 rings (SSSR count). The van der Waals surface area contributed by atoms with E-state index in [0.717, 1.165) is 56.1 Å². The maximum Gasteiger partial charge on any atom is 0.408 e. The molecule has 0 saturated heterocycles. The Hall–Kier alpha value is -2.57. The zero-order valence-corrected chi connectivity index (χ0v) is 20.5. The number of benzene rings is 1. The van der Waals surface area contributed by atoms with E-state index in [2.05, 4.69) is 10.6 Å². The van der Waals surface area contributed by atoms with Crippen molar-refractivity contribution in [3.8, 4) is 0 Å². The lowest BCUT2D eigenvalue weighted by Crippen LogP contribution is -2.55. The van der Waals surface area contributed by atoms with Gasteiger partial charge < -0.3 is 20.3 Å². The standard InChI is InChI=1S/C26H39N3O4/c1-18-11-8-9-16-21(18)23(24(31)28-19-12-6-5-7-13-19)29(20-14-10-15-20)22(30)17-27-25(32)33-26(2,3)4/h8-9,11,16,19-20,23H,5-7,10,12-15,17H2,1-4H3,(H,27,32)(H,28,31). The normalized spacial score (nSPS) is 18.1. The van der Waals surface area contributed by atoms with Crippen molar-refractivity contribution in [2.24, 2.45) is 0 Å². The van der Waals surface area contributed by atoms with Crippen LogP contribution in [0.5, 0.6) is 0 Å². The Morgan fingerprint density at radius 2 is 1.70 bits per heavy atom. The third kappa shape index (κ3) is 6.95. The molecule has 2 fully saturated rings. The first-order chi connectivity index (χ1) is 15.7. The molecule has 1 aromatic carbocycles. The van der Waals surface area contributed by atoms with Crippen LogP contribution in [0.25, 0.3) is 0 Å². The number of rotatable bonds is 7. The van der Waals surface area contributed by atoms with Gasteiger partial charge in [0.15, 0.2) is 0 Å². The number of nitrogens with zero attached hydrogens (tertiary/aromatic N) is 1. The van der Waals surface area contributed by atoms with E-state index in [1.807, 2.05) is 31.2 Å². The average Bonchev–Trinajstić information content (AvgIpc) is 2.71. The summed E-state index contributed by atoms with van der Waals surface area (Å²) in [6.45, 7) is 7.10. The van der Waals surface area contributed by atoms with E-state index >= 15 is 0 Å². The first-order valence-electron chi connectivity index (χ1n) is 12.3. The molecule has 2 aliphatic rings. The van der Waals surface area contributed by atoms with Crippen LogP contribution in [0.2, 0.25) is 0 Å². The Morgan fingerprint density at radius 3 is 2.27 bits per heavy atom. The lowest BCUT2D eigenvalue weighted by Gasteiger charge is -2.43. The Balaban J connectivity index is 1.83. The number of carbonyl (C=O) groups is 3. The van der Waals surface area contributed by atoms with Crippen LogP contribution < -0.4 is 10.6 Å². The Morgan fingerprint density at radius 1 is 1.03 bits per heavy atom. The van der Waals surface area contributed by atoms with E-state index in [9.17, 15) is 14.4 Å². The van der Waals surface area contributed by atoms with Gasteiger partial charge >= 0.3 is 6.09 Å². The van der Waals surface area contributed by atoms with Crippen LogP contribution in [0, 0.1) is 6.92 Å². The molecule has 0 aliphatic heterocycles. The van der Waals surface area contributed by atoms with Crippen LogP contribution in [0.4, 0.5) is 4.79 Å². The van der Waals surface area contributed by atoms with Gasteiger partial charge in [0.05, 0.1) is 0 Å². The van der Waals surface area contributed by atoms with Gasteiger partial charge in [-0.1, -0.05) is 43.5 Å². The third-order valence-electron chi connectivity index (χ3n) is 6.50. The topological polar surface area (TPSA) is 87.7 Å². The van der Waals surface area contributed by atoms with Crippen molar-refractivity contribution >= 4 is 17.9 Å². The summed E-state index contributed by atoms with van der Waals surface area (Å²) in [5, 5.41) is 5.81. The molecule has 7 heteroatoms. The van der Waals surface area contributed by atoms with Gasteiger partial charge in [0, 0.05) is 12.1 Å². The number of hydrogen-bond acceptors (Lipinski definition) is 4. The molecule has 33 heavy (non-hydrogen) atoms. The number of amides is 3. The van der Waals surface area contributed by atoms with Crippen molar-refractivity contribution in [2.45, 2.75) is 103 Å². The maximum absolute atomic E-state index is 13.7. The van der Waals surface area contributed by atoms with Crippen LogP contribution in [0.1, 0.15) is 89.3 Å². The zero-order valence-electron chi connectivity index (χ0n) is 20.5. The predicted octanol–water partition coefficient (Wildman–Crippen LogP) is 4.39. The highest BCUT2D eigenvalue weighted by Gasteiger charge is 2.40. The fourth-order valence-corrected chi connectivity index (χ4v) is 4.61. The van der Waals surface area contributed by atoms with Crippen molar-refractivity contribution in [3.05, 3.63) is 35.4 Å². The molecule has 2 N–H and O–H groups in total. The van der Waals surface area contributed by atoms with Crippen molar-refractivity contribution in [1.29, 1.82) is 0 Å². The first kappa shape index (κ1) is 25.1. The number of aryl methyl sites for hydroxylation is 1. The molecule has 2 saturated carbocycles. The smallest absolute Gasteiger partial charge is 0.408 e. The van der Waals surface area contributed by atoms with Crippen LogP contribution in [-0.2, 0) is 14.3 Å². The van der Waals surface area contributed by atoms with E-state index < -0.39 is 17.7 Å². The highest BCUT2D eigenvalue weighted by molar-refractivity contribution is 5.91. The molecule has 7 nitrogen and oxygen atoms in total. The molecule has 1 unspecified atom stereocenters. The molecule has 1 aromatic rings. The second-order valence-electron chi connectivity index (χ2n) is 10.3. The third-order valence-corrected chi connectivity index (χ3v) is 6.50. The summed E-state index contributed by atoms with van der Waals surface area (Å²) in [6.07, 6.45) is 7.50. The summed E-state index contributed by atoms with van der Waals surface area (Å²) < 4.78 is 5.28. The minimum atomic E-state index is -0.716. The van der Waals surface area contributed by atoms with E-state index in [0.29, 0.717) is 0 Å². The predicted molar refractivity (Wildman–Crippen MR) is 128 cm³/mol. The fourth-order valence-electron chi connectivity index (χ4n) is 4.61. The van der Waals surface area contributed by atoms with E-state index in [-0.39, 0.29) is 30.4 Å². The van der Waals surface area contributed by atoms with Crippen LogP contribution >= 0.6 is 0 Å². The van der Waals surface area contributed by atoms with Gasteiger partial charge in [0.1, 0.15) is 18.2 Å². The summed E-state index contributed by atoms with van der Waals surface area (Å²) >= 11 is 0. The van der Waals surface area contributed by atoms with Crippen LogP contribution in [-0.4, -0.2) is 47.0 Å². The summed E-state index contributed by atoms with van der Waals surface area (Å²) in [4.78, 5) is 41.0. The van der Waals surface area contributed by atoms with Gasteiger partial charge in [-0.3, -0.25) is 9.59 Å². The van der Waals surface area contributed by atoms with E-state index in [1.54, 1.807) is 25.7 Å². The molecule has 0 bridgehead atoms. The van der Waals surface area contributed by atoms with Gasteiger partial charge in [-0.25, -0.2) is 4.79 Å². The summed E-state index contributed by atoms with van der Waals surface area (Å²) in [6, 6.07) is 7.17. The number of hydrogen-bond donors (Lipinski definition) is 2. The second kappa shape index (κ2) is 11.0. The van der Waals surface area contributed by atoms with Gasteiger partial charge in [0.25, 0.3) is 0 Å². The summed E-state index contributed by atoms with van der Waals surface area (Å²) in [5.41, 5.74) is 1.16. The molecular weight excluding hydrogens is 418 g/mol. The Bertz CT molecular complexity index is 838. The Labute approximate surface area is 197 Å². The molecule has 182 valence electrons. The highest BCUT2D eigenvalue weighted by Crippen LogP contribution is 2.34. The minimum absolute atomic E-state index is 0.0142. The maximum atomic E-state index is 13.7. The molecule has 0 spiro atoms. The molecule has 1 atom stereocenters. The quantitative estimate of drug-likeness (QED) is 0.636. The largest absolute Gasteiger partial charge is 0.444 e. The minimum Gasteiger partial charge on any atom is -0.444 e. The second-order valence-corrected chi connectivity index (χ2v) is 10.3. The monoisotopic (exact) mass is 457 g/mol. The van der Waals surface area contributed by atoms with Gasteiger partial charge in [0.2, 0.25) is 11.8 Å². The fraction of sp³-hybridized carbons (Fsp3) is 0.654. The Kier molecular flexibility index (Phi) is 8.38. The number of nitrogens with one attached hydrogen (secondary N) is 2. The molecule has 0 heterocycles.